The highest BCUT2D eigenvalue weighted by molar-refractivity contribution is 5.80. The SMILES string of the molecule is C=CCN(CC(=O)O)C(=O)NC(c1ccccc1OC)c1nccn1C. The second-order valence-corrected chi connectivity index (χ2v) is 5.58. The standard InChI is InChI=1S/C18H22N4O4/c1-4-10-22(12-15(23)24)18(25)20-16(17-19-9-11-21(17)2)13-7-5-6-8-14(13)26-3/h4-9,11,16H,1,10,12H2,2-3H3,(H,20,25)(H,23,24). The van der Waals surface area contributed by atoms with Crippen molar-refractivity contribution in [2.45, 2.75) is 6.04 Å². The number of carbonyl (C=O) groups excluding carboxylic acids is 1. The van der Waals surface area contributed by atoms with Gasteiger partial charge in [-0.2, -0.15) is 0 Å². The zero-order valence-corrected chi connectivity index (χ0v) is 14.8. The van der Waals surface area contributed by atoms with E-state index in [0.717, 1.165) is 4.90 Å². The number of carbonyl (C=O) groups is 2. The summed E-state index contributed by atoms with van der Waals surface area (Å²) >= 11 is 0. The average Bonchev–Trinajstić information content (AvgIpc) is 3.04. The maximum absolute atomic E-state index is 12.7. The number of para-hydroxylation sites is 1. The Labute approximate surface area is 151 Å². The number of amides is 2. The van der Waals surface area contributed by atoms with Gasteiger partial charge in [0.15, 0.2) is 0 Å². The van der Waals surface area contributed by atoms with E-state index in [2.05, 4.69) is 16.9 Å². The number of carboxylic acid groups (broad SMARTS) is 1. The summed E-state index contributed by atoms with van der Waals surface area (Å²) in [6.45, 7) is 3.24. The number of methoxy groups -OCH3 is 1. The van der Waals surface area contributed by atoms with Crippen molar-refractivity contribution < 1.29 is 19.4 Å². The largest absolute Gasteiger partial charge is 0.496 e. The number of aliphatic carboxylic acids is 1. The molecule has 2 amide bonds. The molecule has 0 fully saturated rings. The summed E-state index contributed by atoms with van der Waals surface area (Å²) < 4.78 is 7.19. The van der Waals surface area contributed by atoms with Gasteiger partial charge in [0.1, 0.15) is 24.2 Å². The maximum atomic E-state index is 12.7. The number of benzene rings is 1. The van der Waals surface area contributed by atoms with Gasteiger partial charge in [-0.3, -0.25) is 4.79 Å². The molecule has 0 saturated carbocycles. The lowest BCUT2D eigenvalue weighted by Gasteiger charge is -2.25. The van der Waals surface area contributed by atoms with Crippen LogP contribution in [0.5, 0.6) is 5.75 Å². The molecule has 0 saturated heterocycles. The number of nitrogens with zero attached hydrogens (tertiary/aromatic N) is 3. The second kappa shape index (κ2) is 8.70. The first-order valence-corrected chi connectivity index (χ1v) is 7.96. The van der Waals surface area contributed by atoms with E-state index >= 15 is 0 Å². The van der Waals surface area contributed by atoms with Gasteiger partial charge in [0.2, 0.25) is 0 Å². The fraction of sp³-hybridized carbons (Fsp3) is 0.278. The number of hydrogen-bond acceptors (Lipinski definition) is 4. The number of hydrogen-bond donors (Lipinski definition) is 2. The normalized spacial score (nSPS) is 11.5. The van der Waals surface area contributed by atoms with Crippen molar-refractivity contribution in [2.75, 3.05) is 20.2 Å². The molecule has 8 nitrogen and oxygen atoms in total. The van der Waals surface area contributed by atoms with Crippen molar-refractivity contribution in [2.24, 2.45) is 7.05 Å². The molecule has 1 unspecified atom stereocenters. The van der Waals surface area contributed by atoms with E-state index in [-0.39, 0.29) is 6.54 Å². The van der Waals surface area contributed by atoms with Crippen molar-refractivity contribution >= 4 is 12.0 Å². The highest BCUT2D eigenvalue weighted by Crippen LogP contribution is 2.29. The minimum absolute atomic E-state index is 0.108. The molecule has 1 heterocycles. The molecule has 0 aliphatic heterocycles. The Balaban J connectivity index is 2.39. The van der Waals surface area contributed by atoms with Crippen molar-refractivity contribution in [3.05, 3.63) is 60.7 Å². The molecule has 1 atom stereocenters. The fourth-order valence-electron chi connectivity index (χ4n) is 2.59. The van der Waals surface area contributed by atoms with Gasteiger partial charge in [-0.15, -0.1) is 6.58 Å². The summed E-state index contributed by atoms with van der Waals surface area (Å²) in [7, 11) is 3.36. The van der Waals surface area contributed by atoms with Crippen LogP contribution in [-0.4, -0.2) is 51.8 Å². The zero-order chi connectivity index (χ0) is 19.1. The molecule has 0 aliphatic rings. The lowest BCUT2D eigenvalue weighted by Crippen LogP contribution is -2.44. The topological polar surface area (TPSA) is 96.7 Å². The van der Waals surface area contributed by atoms with Crippen LogP contribution in [0.25, 0.3) is 0 Å². The Kier molecular flexibility index (Phi) is 6.37. The molecule has 0 spiro atoms. The predicted octanol–water partition coefficient (Wildman–Crippen LogP) is 1.80. The molecule has 26 heavy (non-hydrogen) atoms. The van der Waals surface area contributed by atoms with Gasteiger partial charge in [-0.05, 0) is 6.07 Å². The molecule has 138 valence electrons. The second-order valence-electron chi connectivity index (χ2n) is 5.58. The van der Waals surface area contributed by atoms with E-state index in [9.17, 15) is 9.59 Å². The summed E-state index contributed by atoms with van der Waals surface area (Å²) in [6, 6.07) is 6.13. The van der Waals surface area contributed by atoms with Crippen LogP contribution in [0.4, 0.5) is 4.79 Å². The van der Waals surface area contributed by atoms with Crippen LogP contribution in [0, 0.1) is 0 Å². The number of ether oxygens (including phenoxy) is 1. The van der Waals surface area contributed by atoms with Gasteiger partial charge in [0.25, 0.3) is 0 Å². The summed E-state index contributed by atoms with van der Waals surface area (Å²) in [5.41, 5.74) is 0.714. The minimum atomic E-state index is -1.10. The van der Waals surface area contributed by atoms with Gasteiger partial charge in [0.05, 0.1) is 7.11 Å². The number of nitrogens with one attached hydrogen (secondary N) is 1. The molecule has 2 rings (SSSR count). The van der Waals surface area contributed by atoms with Gasteiger partial charge < -0.3 is 24.6 Å². The van der Waals surface area contributed by atoms with Crippen LogP contribution in [0.2, 0.25) is 0 Å². The van der Waals surface area contributed by atoms with Crippen LogP contribution < -0.4 is 10.1 Å². The van der Waals surface area contributed by atoms with Crippen molar-refractivity contribution in [1.82, 2.24) is 19.8 Å². The van der Waals surface area contributed by atoms with Gasteiger partial charge in [-0.1, -0.05) is 24.3 Å². The molecule has 0 bridgehead atoms. The number of rotatable bonds is 8. The number of carboxylic acids is 1. The average molecular weight is 358 g/mol. The Morgan fingerprint density at radius 1 is 1.46 bits per heavy atom. The van der Waals surface area contributed by atoms with Crippen molar-refractivity contribution in [1.29, 1.82) is 0 Å². The molecule has 2 aromatic rings. The van der Waals surface area contributed by atoms with E-state index in [1.54, 1.807) is 30.1 Å². The van der Waals surface area contributed by atoms with E-state index in [1.807, 2.05) is 25.2 Å². The minimum Gasteiger partial charge on any atom is -0.496 e. The first-order chi connectivity index (χ1) is 12.5. The molecular weight excluding hydrogens is 336 g/mol. The number of aryl methyl sites for hydroxylation is 1. The Morgan fingerprint density at radius 2 is 2.19 bits per heavy atom. The highest BCUT2D eigenvalue weighted by Gasteiger charge is 2.26. The van der Waals surface area contributed by atoms with Gasteiger partial charge in [-0.25, -0.2) is 9.78 Å². The Bertz CT molecular complexity index is 787. The lowest BCUT2D eigenvalue weighted by molar-refractivity contribution is -0.137. The first-order valence-electron chi connectivity index (χ1n) is 7.96. The molecule has 1 aromatic carbocycles. The van der Waals surface area contributed by atoms with Crippen LogP contribution >= 0.6 is 0 Å². The van der Waals surface area contributed by atoms with Crippen molar-refractivity contribution in [3.63, 3.8) is 0 Å². The summed E-state index contributed by atoms with van der Waals surface area (Å²) in [6.07, 6.45) is 4.87. The van der Waals surface area contributed by atoms with Crippen LogP contribution in [-0.2, 0) is 11.8 Å². The van der Waals surface area contributed by atoms with Crippen molar-refractivity contribution in [3.8, 4) is 5.75 Å². The van der Waals surface area contributed by atoms with Crippen LogP contribution in [0.15, 0.2) is 49.3 Å². The monoisotopic (exact) mass is 358 g/mol. The van der Waals surface area contributed by atoms with E-state index in [1.165, 1.54) is 6.08 Å². The Morgan fingerprint density at radius 3 is 2.77 bits per heavy atom. The molecule has 8 heteroatoms. The number of imidazole rings is 1. The van der Waals surface area contributed by atoms with E-state index in [4.69, 9.17) is 9.84 Å². The smallest absolute Gasteiger partial charge is 0.323 e. The van der Waals surface area contributed by atoms with Crippen LogP contribution in [0.3, 0.4) is 0 Å². The predicted molar refractivity (Wildman–Crippen MR) is 96.0 cm³/mol. The molecule has 0 radical (unpaired) electrons. The highest BCUT2D eigenvalue weighted by atomic mass is 16.5. The summed E-state index contributed by atoms with van der Waals surface area (Å²) in [5.74, 6) is 0.0823. The number of aromatic nitrogens is 2. The quantitative estimate of drug-likeness (QED) is 0.702. The molecule has 1 aromatic heterocycles. The molecule has 2 N–H and O–H groups in total. The summed E-state index contributed by atoms with van der Waals surface area (Å²) in [5, 5.41) is 11.9. The first kappa shape index (κ1) is 19.0. The fourth-order valence-corrected chi connectivity index (χ4v) is 2.59. The molecule has 0 aliphatic carbocycles. The van der Waals surface area contributed by atoms with Gasteiger partial charge >= 0.3 is 12.0 Å². The third-order valence-electron chi connectivity index (χ3n) is 3.80. The lowest BCUT2D eigenvalue weighted by atomic mass is 10.0. The Hall–Kier alpha value is -3.29. The zero-order valence-electron chi connectivity index (χ0n) is 14.8. The summed E-state index contributed by atoms with van der Waals surface area (Å²) in [4.78, 5) is 29.2. The van der Waals surface area contributed by atoms with E-state index in [0.29, 0.717) is 17.1 Å². The third-order valence-corrected chi connectivity index (χ3v) is 3.80. The maximum Gasteiger partial charge on any atom is 0.323 e. The third kappa shape index (κ3) is 4.41. The van der Waals surface area contributed by atoms with E-state index < -0.39 is 24.6 Å². The van der Waals surface area contributed by atoms with Crippen LogP contribution in [0.1, 0.15) is 17.4 Å². The number of urea groups is 1. The van der Waals surface area contributed by atoms with Gasteiger partial charge in [0, 0.05) is 31.5 Å². The molecular formula is C18H22N4O4.